The molecule has 0 aliphatic rings. The minimum Gasteiger partial charge on any atom is -0.410 e. The lowest BCUT2D eigenvalue weighted by Gasteiger charge is -2.20. The topological polar surface area (TPSA) is 32.6 Å². The quantitative estimate of drug-likeness (QED) is 0.372. The van der Waals surface area contributed by atoms with Crippen LogP contribution in [-0.2, 0) is 0 Å². The molecule has 0 unspecified atom stereocenters. The highest BCUT2D eigenvalue weighted by Crippen LogP contribution is 2.38. The van der Waals surface area contributed by atoms with Crippen molar-refractivity contribution < 1.29 is 27.2 Å². The summed E-state index contributed by atoms with van der Waals surface area (Å²) in [6, 6.07) is 4.74. The Morgan fingerprint density at radius 3 is 1.88 bits per heavy atom. The van der Waals surface area contributed by atoms with Gasteiger partial charge in [-0.2, -0.15) is 22.0 Å². The van der Waals surface area contributed by atoms with Gasteiger partial charge in [0, 0.05) is 5.56 Å². The van der Waals surface area contributed by atoms with E-state index >= 15 is 0 Å². The molecule has 0 radical (unpaired) electrons. The van der Waals surface area contributed by atoms with E-state index in [1.54, 1.807) is 6.92 Å². The van der Waals surface area contributed by atoms with Gasteiger partial charge in [-0.05, 0) is 6.92 Å². The van der Waals surface area contributed by atoms with Crippen molar-refractivity contribution in [1.29, 1.82) is 0 Å². The van der Waals surface area contributed by atoms with Crippen LogP contribution in [0.1, 0.15) is 11.1 Å². The van der Waals surface area contributed by atoms with E-state index in [9.17, 15) is 22.0 Å². The van der Waals surface area contributed by atoms with Crippen LogP contribution in [-0.4, -0.2) is 23.0 Å². The van der Waals surface area contributed by atoms with Crippen molar-refractivity contribution >= 4 is 5.71 Å². The van der Waals surface area contributed by atoms with E-state index in [0.717, 1.165) is 12.1 Å². The van der Waals surface area contributed by atoms with Gasteiger partial charge in [-0.15, -0.1) is 0 Å². The second-order valence-electron chi connectivity index (χ2n) is 3.39. The summed E-state index contributed by atoms with van der Waals surface area (Å²) in [4.78, 5) is 0. The van der Waals surface area contributed by atoms with Crippen LogP contribution in [0.25, 0.3) is 0 Å². The standard InChI is InChI=1S/C10H8F5NO/c1-6-2-4-7(5-3-6)8(16-17)9(11,12)10(13,14)15/h2-5,17H,1H3. The van der Waals surface area contributed by atoms with Crippen molar-refractivity contribution in [3.63, 3.8) is 0 Å². The molecule has 0 aromatic heterocycles. The number of halogens is 5. The summed E-state index contributed by atoms with van der Waals surface area (Å²) >= 11 is 0. The number of nitrogens with zero attached hydrogens (tertiary/aromatic N) is 1. The summed E-state index contributed by atoms with van der Waals surface area (Å²) in [6.07, 6.45) is -5.81. The van der Waals surface area contributed by atoms with Crippen molar-refractivity contribution in [3.05, 3.63) is 35.4 Å². The van der Waals surface area contributed by atoms with Crippen molar-refractivity contribution in [2.45, 2.75) is 19.0 Å². The predicted molar refractivity (Wildman–Crippen MR) is 50.5 cm³/mol. The Bertz CT molecular complexity index is 421. The largest absolute Gasteiger partial charge is 0.459 e. The molecule has 94 valence electrons. The molecule has 0 atom stereocenters. The second-order valence-corrected chi connectivity index (χ2v) is 3.39. The van der Waals surface area contributed by atoms with Gasteiger partial charge in [0.05, 0.1) is 0 Å². The maximum Gasteiger partial charge on any atom is 0.459 e. The van der Waals surface area contributed by atoms with Crippen LogP contribution in [0, 0.1) is 6.92 Å². The van der Waals surface area contributed by atoms with E-state index in [4.69, 9.17) is 5.21 Å². The number of aryl methyl sites for hydroxylation is 1. The number of oxime groups is 1. The zero-order chi connectivity index (χ0) is 13.3. The number of hydrogen-bond donors (Lipinski definition) is 1. The van der Waals surface area contributed by atoms with E-state index < -0.39 is 23.4 Å². The Balaban J connectivity index is 3.22. The molecule has 1 rings (SSSR count). The van der Waals surface area contributed by atoms with Crippen molar-refractivity contribution in [2.75, 3.05) is 0 Å². The highest BCUT2D eigenvalue weighted by Gasteiger charge is 2.62. The third-order valence-corrected chi connectivity index (χ3v) is 2.08. The summed E-state index contributed by atoms with van der Waals surface area (Å²) < 4.78 is 62.2. The van der Waals surface area contributed by atoms with Gasteiger partial charge < -0.3 is 5.21 Å². The van der Waals surface area contributed by atoms with Crippen LogP contribution in [0.3, 0.4) is 0 Å². The maximum atomic E-state index is 13.0. The Morgan fingerprint density at radius 2 is 1.53 bits per heavy atom. The van der Waals surface area contributed by atoms with Crippen molar-refractivity contribution in [2.24, 2.45) is 5.16 Å². The third kappa shape index (κ3) is 2.54. The predicted octanol–water partition coefficient (Wildman–Crippen LogP) is 3.37. The SMILES string of the molecule is Cc1ccc(C(=NO)C(F)(F)C(F)(F)F)cc1. The molecule has 1 N–H and O–H groups in total. The first-order valence-corrected chi connectivity index (χ1v) is 4.44. The first-order chi connectivity index (χ1) is 7.70. The van der Waals surface area contributed by atoms with Crippen LogP contribution in [0.5, 0.6) is 0 Å². The highest BCUT2D eigenvalue weighted by atomic mass is 19.4. The lowest BCUT2D eigenvalue weighted by Crippen LogP contribution is -2.44. The third-order valence-electron chi connectivity index (χ3n) is 2.08. The van der Waals surface area contributed by atoms with Gasteiger partial charge in [-0.1, -0.05) is 35.0 Å². The Kier molecular flexibility index (Phi) is 3.40. The van der Waals surface area contributed by atoms with Crippen LogP contribution in [0.15, 0.2) is 29.4 Å². The molecule has 0 amide bonds. The van der Waals surface area contributed by atoms with Gasteiger partial charge in [0.25, 0.3) is 0 Å². The first-order valence-electron chi connectivity index (χ1n) is 4.44. The molecule has 0 saturated heterocycles. The van der Waals surface area contributed by atoms with Gasteiger partial charge in [0.15, 0.2) is 5.71 Å². The van der Waals surface area contributed by atoms with Crippen LogP contribution < -0.4 is 0 Å². The van der Waals surface area contributed by atoms with Gasteiger partial charge in [0.1, 0.15) is 0 Å². The molecular weight excluding hydrogens is 245 g/mol. The molecule has 1 aromatic rings. The molecule has 17 heavy (non-hydrogen) atoms. The van der Waals surface area contributed by atoms with Crippen LogP contribution >= 0.6 is 0 Å². The molecule has 0 aliphatic heterocycles. The first kappa shape index (κ1) is 13.4. The summed E-state index contributed by atoms with van der Waals surface area (Å²) in [5.41, 5.74) is -1.52. The average Bonchev–Trinajstić information content (AvgIpc) is 2.20. The monoisotopic (exact) mass is 253 g/mol. The second kappa shape index (κ2) is 4.31. The number of alkyl halides is 5. The van der Waals surface area contributed by atoms with E-state index in [1.165, 1.54) is 12.1 Å². The van der Waals surface area contributed by atoms with Crippen LogP contribution in [0.2, 0.25) is 0 Å². The molecule has 0 spiro atoms. The fourth-order valence-electron chi connectivity index (χ4n) is 1.15. The lowest BCUT2D eigenvalue weighted by atomic mass is 10.0. The summed E-state index contributed by atoms with van der Waals surface area (Å²) in [6.45, 7) is 1.64. The summed E-state index contributed by atoms with van der Waals surface area (Å²) in [7, 11) is 0. The van der Waals surface area contributed by atoms with Gasteiger partial charge in [-0.3, -0.25) is 0 Å². The Labute approximate surface area is 93.4 Å². The fraction of sp³-hybridized carbons (Fsp3) is 0.300. The van der Waals surface area contributed by atoms with E-state index in [1.807, 2.05) is 0 Å². The molecule has 1 aromatic carbocycles. The van der Waals surface area contributed by atoms with Crippen molar-refractivity contribution in [1.82, 2.24) is 0 Å². The zero-order valence-corrected chi connectivity index (χ0v) is 8.59. The van der Waals surface area contributed by atoms with E-state index in [2.05, 4.69) is 5.16 Å². The highest BCUT2D eigenvalue weighted by molar-refractivity contribution is 6.05. The van der Waals surface area contributed by atoms with Gasteiger partial charge in [0.2, 0.25) is 0 Å². The van der Waals surface area contributed by atoms with Crippen LogP contribution in [0.4, 0.5) is 22.0 Å². The van der Waals surface area contributed by atoms with E-state index in [0.29, 0.717) is 5.56 Å². The Morgan fingerprint density at radius 1 is 1.06 bits per heavy atom. The minimum atomic E-state index is -5.81. The zero-order valence-electron chi connectivity index (χ0n) is 8.59. The molecule has 7 heteroatoms. The molecule has 2 nitrogen and oxygen atoms in total. The number of hydrogen-bond acceptors (Lipinski definition) is 2. The lowest BCUT2D eigenvalue weighted by molar-refractivity contribution is -0.249. The minimum absolute atomic E-state index is 0.486. The van der Waals surface area contributed by atoms with Gasteiger partial charge >= 0.3 is 12.1 Å². The molecule has 0 bridgehead atoms. The molecule has 0 saturated carbocycles. The Hall–Kier alpha value is -1.66. The smallest absolute Gasteiger partial charge is 0.410 e. The summed E-state index contributed by atoms with van der Waals surface area (Å²) in [5.74, 6) is -5.20. The molecule has 0 fully saturated rings. The molecule has 0 aliphatic carbocycles. The van der Waals surface area contributed by atoms with Crippen molar-refractivity contribution in [3.8, 4) is 0 Å². The maximum absolute atomic E-state index is 13.0. The summed E-state index contributed by atoms with van der Waals surface area (Å²) in [5, 5.41) is 10.4. The average molecular weight is 253 g/mol. The number of rotatable bonds is 2. The number of benzene rings is 1. The molecule has 0 heterocycles. The molecular formula is C10H8F5NO. The van der Waals surface area contributed by atoms with Gasteiger partial charge in [-0.25, -0.2) is 0 Å². The normalized spacial score (nSPS) is 13.9. The fourth-order valence-corrected chi connectivity index (χ4v) is 1.15. The van der Waals surface area contributed by atoms with E-state index in [-0.39, 0.29) is 0 Å².